The lowest BCUT2D eigenvalue weighted by Gasteiger charge is -2.12. The van der Waals surface area contributed by atoms with E-state index in [-0.39, 0.29) is 0 Å². The number of hydrogen-bond donors (Lipinski definition) is 0. The second-order valence-corrected chi connectivity index (χ2v) is 8.57. The summed E-state index contributed by atoms with van der Waals surface area (Å²) in [5.41, 5.74) is 4.69. The van der Waals surface area contributed by atoms with Gasteiger partial charge in [-0.1, -0.05) is 64.5 Å². The van der Waals surface area contributed by atoms with Crippen LogP contribution >= 0.6 is 15.9 Å². The Morgan fingerprint density at radius 2 is 1.58 bits per heavy atom. The molecule has 0 aliphatic heterocycles. The van der Waals surface area contributed by atoms with Crippen LogP contribution in [0.15, 0.2) is 95.5 Å². The van der Waals surface area contributed by atoms with Crippen molar-refractivity contribution in [3.05, 3.63) is 107 Å². The van der Waals surface area contributed by atoms with Crippen molar-refractivity contribution in [3.63, 3.8) is 0 Å². The third-order valence-electron chi connectivity index (χ3n) is 5.37. The van der Waals surface area contributed by atoms with Gasteiger partial charge in [-0.25, -0.2) is 4.98 Å². The van der Waals surface area contributed by atoms with Crippen molar-refractivity contribution in [2.75, 3.05) is 0 Å². The first kappa shape index (κ1) is 21.2. The molecule has 5 nitrogen and oxygen atoms in total. The molecule has 0 atom stereocenters. The Morgan fingerprint density at radius 1 is 0.818 bits per heavy atom. The third-order valence-corrected chi connectivity index (χ3v) is 5.86. The highest BCUT2D eigenvalue weighted by Crippen LogP contribution is 2.32. The molecule has 0 bridgehead atoms. The summed E-state index contributed by atoms with van der Waals surface area (Å²) in [5, 5.41) is 5.86. The molecule has 6 heteroatoms. The maximum Gasteiger partial charge on any atom is 0.213 e. The van der Waals surface area contributed by atoms with E-state index in [4.69, 9.17) is 19.6 Å². The van der Waals surface area contributed by atoms with Crippen molar-refractivity contribution in [3.8, 4) is 22.9 Å². The van der Waals surface area contributed by atoms with Gasteiger partial charge in [0.25, 0.3) is 0 Å². The van der Waals surface area contributed by atoms with E-state index in [1.54, 1.807) is 0 Å². The smallest absolute Gasteiger partial charge is 0.213 e. The van der Waals surface area contributed by atoms with Gasteiger partial charge < -0.3 is 9.47 Å². The van der Waals surface area contributed by atoms with Crippen molar-refractivity contribution >= 4 is 26.8 Å². The number of rotatable bonds is 7. The van der Waals surface area contributed by atoms with Crippen molar-refractivity contribution < 1.29 is 9.47 Å². The Bertz CT molecular complexity index is 1390. The number of halogens is 1. The third kappa shape index (κ3) is 4.76. The second kappa shape index (κ2) is 9.46. The van der Waals surface area contributed by atoms with Gasteiger partial charge in [-0.3, -0.25) is 4.68 Å². The van der Waals surface area contributed by atoms with Gasteiger partial charge >= 0.3 is 0 Å². The molecule has 0 saturated carbocycles. The summed E-state index contributed by atoms with van der Waals surface area (Å²) >= 11 is 3.55. The lowest BCUT2D eigenvalue weighted by molar-refractivity contribution is 0.280. The Kier molecular flexibility index (Phi) is 6.09. The molecule has 2 heterocycles. The molecule has 0 fully saturated rings. The summed E-state index contributed by atoms with van der Waals surface area (Å²) in [6.07, 6.45) is 0. The fraction of sp³-hybridized carbons (Fsp3) is 0.111. The first-order chi connectivity index (χ1) is 16.2. The molecule has 33 heavy (non-hydrogen) atoms. The van der Waals surface area contributed by atoms with E-state index in [0.29, 0.717) is 19.1 Å². The topological polar surface area (TPSA) is 49.2 Å². The van der Waals surface area contributed by atoms with E-state index in [1.165, 1.54) is 0 Å². The molecular weight excluding hydrogens is 478 g/mol. The predicted molar refractivity (Wildman–Crippen MR) is 133 cm³/mol. The van der Waals surface area contributed by atoms with E-state index in [2.05, 4.69) is 28.1 Å². The number of fused-ring (bicyclic) bond motifs is 1. The van der Waals surface area contributed by atoms with Crippen LogP contribution in [-0.4, -0.2) is 14.8 Å². The zero-order valence-electron chi connectivity index (χ0n) is 18.1. The van der Waals surface area contributed by atoms with Gasteiger partial charge in [0.2, 0.25) is 5.88 Å². The molecule has 0 amide bonds. The Labute approximate surface area is 200 Å². The van der Waals surface area contributed by atoms with Crippen LogP contribution in [0.5, 0.6) is 11.6 Å². The minimum atomic E-state index is 0.302. The molecule has 164 valence electrons. The average molecular weight is 500 g/mol. The molecule has 0 saturated heterocycles. The van der Waals surface area contributed by atoms with E-state index < -0.39 is 0 Å². The van der Waals surface area contributed by atoms with Gasteiger partial charge in [0, 0.05) is 28.5 Å². The van der Waals surface area contributed by atoms with Crippen LogP contribution in [0, 0.1) is 0 Å². The van der Waals surface area contributed by atoms with E-state index in [9.17, 15) is 0 Å². The minimum Gasteiger partial charge on any atom is -0.487 e. The number of pyridine rings is 1. The standard InChI is InChI=1S/C27H22BrN3O2/c1-31-25-16-20(28)12-13-23(25)27(30-31)22-14-15-26(33-17-19-8-4-2-5-9-19)29-24(22)18-32-21-10-6-3-7-11-21/h2-16H,17-18H2,1H3. The zero-order valence-corrected chi connectivity index (χ0v) is 19.7. The molecule has 3 aromatic carbocycles. The number of para-hydroxylation sites is 1. The summed E-state index contributed by atoms with van der Waals surface area (Å²) in [5.74, 6) is 1.34. The summed E-state index contributed by atoms with van der Waals surface area (Å²) in [4.78, 5) is 4.81. The molecular formula is C27H22BrN3O2. The van der Waals surface area contributed by atoms with Crippen molar-refractivity contribution in [2.45, 2.75) is 13.2 Å². The van der Waals surface area contributed by atoms with Gasteiger partial charge in [-0.2, -0.15) is 5.10 Å². The maximum absolute atomic E-state index is 6.05. The molecule has 5 aromatic rings. The number of aromatic nitrogens is 3. The number of ether oxygens (including phenoxy) is 2. The lowest BCUT2D eigenvalue weighted by atomic mass is 10.1. The Morgan fingerprint density at radius 3 is 2.36 bits per heavy atom. The quantitative estimate of drug-likeness (QED) is 0.254. The molecule has 5 rings (SSSR count). The Balaban J connectivity index is 1.51. The fourth-order valence-electron chi connectivity index (χ4n) is 3.72. The van der Waals surface area contributed by atoms with Crippen LogP contribution in [0.25, 0.3) is 22.2 Å². The number of hydrogen-bond acceptors (Lipinski definition) is 4. The fourth-order valence-corrected chi connectivity index (χ4v) is 4.07. The highest BCUT2D eigenvalue weighted by Gasteiger charge is 2.17. The van der Waals surface area contributed by atoms with Crippen LogP contribution in [0.3, 0.4) is 0 Å². The monoisotopic (exact) mass is 499 g/mol. The van der Waals surface area contributed by atoms with Crippen LogP contribution < -0.4 is 9.47 Å². The van der Waals surface area contributed by atoms with Gasteiger partial charge in [0.05, 0.1) is 11.2 Å². The first-order valence-electron chi connectivity index (χ1n) is 10.6. The molecule has 0 unspecified atom stereocenters. The normalized spacial score (nSPS) is 11.0. The number of benzene rings is 3. The minimum absolute atomic E-state index is 0.302. The maximum atomic E-state index is 6.05. The molecule has 0 N–H and O–H groups in total. The van der Waals surface area contributed by atoms with Gasteiger partial charge in [-0.15, -0.1) is 0 Å². The number of nitrogens with zero attached hydrogens (tertiary/aromatic N) is 3. The second-order valence-electron chi connectivity index (χ2n) is 7.65. The number of aryl methyl sites for hydroxylation is 1. The van der Waals surface area contributed by atoms with Gasteiger partial charge in [-0.05, 0) is 42.0 Å². The molecule has 0 aliphatic rings. The first-order valence-corrected chi connectivity index (χ1v) is 11.4. The summed E-state index contributed by atoms with van der Waals surface area (Å²) in [6.45, 7) is 0.753. The lowest BCUT2D eigenvalue weighted by Crippen LogP contribution is -2.04. The van der Waals surface area contributed by atoms with E-state index in [1.807, 2.05) is 90.6 Å². The largest absolute Gasteiger partial charge is 0.487 e. The SMILES string of the molecule is Cn1nc(-c2ccc(OCc3ccccc3)nc2COc2ccccc2)c2ccc(Br)cc21. The predicted octanol–water partition coefficient (Wildman–Crippen LogP) is 6.56. The summed E-state index contributed by atoms with van der Waals surface area (Å²) in [7, 11) is 1.95. The van der Waals surface area contributed by atoms with Crippen LogP contribution in [0.2, 0.25) is 0 Å². The Hall–Kier alpha value is -3.64. The van der Waals surface area contributed by atoms with Gasteiger partial charge in [0.15, 0.2) is 0 Å². The van der Waals surface area contributed by atoms with Crippen LogP contribution in [0.4, 0.5) is 0 Å². The molecule has 0 spiro atoms. The summed E-state index contributed by atoms with van der Waals surface area (Å²) in [6, 6.07) is 29.9. The average Bonchev–Trinajstić information content (AvgIpc) is 3.18. The summed E-state index contributed by atoms with van der Waals surface area (Å²) < 4.78 is 14.9. The van der Waals surface area contributed by atoms with Gasteiger partial charge in [0.1, 0.15) is 24.7 Å². The highest BCUT2D eigenvalue weighted by molar-refractivity contribution is 9.10. The van der Waals surface area contributed by atoms with E-state index in [0.717, 1.165) is 43.6 Å². The highest BCUT2D eigenvalue weighted by atomic mass is 79.9. The molecule has 0 radical (unpaired) electrons. The van der Waals surface area contributed by atoms with Crippen LogP contribution in [-0.2, 0) is 20.3 Å². The van der Waals surface area contributed by atoms with Crippen molar-refractivity contribution in [1.29, 1.82) is 0 Å². The van der Waals surface area contributed by atoms with Crippen molar-refractivity contribution in [2.24, 2.45) is 7.05 Å². The molecule has 0 aliphatic carbocycles. The van der Waals surface area contributed by atoms with E-state index >= 15 is 0 Å². The van der Waals surface area contributed by atoms with Crippen molar-refractivity contribution in [1.82, 2.24) is 14.8 Å². The zero-order chi connectivity index (χ0) is 22.6. The van der Waals surface area contributed by atoms with Crippen LogP contribution in [0.1, 0.15) is 11.3 Å². The molecule has 2 aromatic heterocycles.